The van der Waals surface area contributed by atoms with Crippen LogP contribution in [0.5, 0.6) is 0 Å². The molecule has 3 heteroatoms. The van der Waals surface area contributed by atoms with Gasteiger partial charge in [-0.2, -0.15) is 0 Å². The monoisotopic (exact) mass is 213 g/mol. The van der Waals surface area contributed by atoms with E-state index in [1.165, 1.54) is 13.5 Å². The first-order valence-electron chi connectivity index (χ1n) is 5.90. The Morgan fingerprint density at radius 3 is 2.33 bits per heavy atom. The summed E-state index contributed by atoms with van der Waals surface area (Å²) in [6.45, 7) is 8.61. The zero-order valence-electron chi connectivity index (χ0n) is 10.3. The van der Waals surface area contributed by atoms with Crippen molar-refractivity contribution in [1.82, 2.24) is 4.90 Å². The predicted octanol–water partition coefficient (Wildman–Crippen LogP) is 1.92. The second kappa shape index (κ2) is 5.50. The van der Waals surface area contributed by atoms with E-state index < -0.39 is 0 Å². The van der Waals surface area contributed by atoms with Crippen molar-refractivity contribution in [2.24, 2.45) is 11.8 Å². The molecule has 1 rings (SSSR count). The summed E-state index contributed by atoms with van der Waals surface area (Å²) in [6.07, 6.45) is 2.11. The van der Waals surface area contributed by atoms with Gasteiger partial charge in [-0.05, 0) is 24.7 Å². The summed E-state index contributed by atoms with van der Waals surface area (Å²) in [6, 6.07) is -0.0415. The molecule has 88 valence electrons. The van der Waals surface area contributed by atoms with Crippen molar-refractivity contribution in [1.29, 1.82) is 0 Å². The molecule has 0 radical (unpaired) electrons. The Hall–Kier alpha value is -0.570. The Balaban J connectivity index is 2.63. The molecule has 0 N–H and O–H groups in total. The van der Waals surface area contributed by atoms with Crippen molar-refractivity contribution < 1.29 is 9.53 Å². The summed E-state index contributed by atoms with van der Waals surface area (Å²) in [5, 5.41) is 0. The van der Waals surface area contributed by atoms with Crippen LogP contribution in [0, 0.1) is 11.8 Å². The Morgan fingerprint density at radius 1 is 1.40 bits per heavy atom. The molecule has 1 aliphatic rings. The third kappa shape index (κ3) is 3.20. The molecule has 1 fully saturated rings. The average Bonchev–Trinajstić information content (AvgIpc) is 2.17. The molecule has 1 heterocycles. The van der Waals surface area contributed by atoms with E-state index in [1.807, 2.05) is 6.92 Å². The number of piperidine rings is 1. The van der Waals surface area contributed by atoms with Crippen LogP contribution in [0.25, 0.3) is 0 Å². The number of methoxy groups -OCH3 is 1. The fourth-order valence-corrected chi connectivity index (χ4v) is 2.68. The topological polar surface area (TPSA) is 29.5 Å². The molecule has 0 aromatic heterocycles. The van der Waals surface area contributed by atoms with E-state index in [1.54, 1.807) is 0 Å². The molecular formula is C12H23NO2. The van der Waals surface area contributed by atoms with Gasteiger partial charge in [-0.15, -0.1) is 0 Å². The van der Waals surface area contributed by atoms with E-state index in [0.717, 1.165) is 19.5 Å². The molecule has 0 bridgehead atoms. The fourth-order valence-electron chi connectivity index (χ4n) is 2.68. The zero-order valence-corrected chi connectivity index (χ0v) is 10.3. The normalized spacial score (nSPS) is 29.9. The molecule has 0 saturated carbocycles. The first kappa shape index (κ1) is 12.5. The van der Waals surface area contributed by atoms with Gasteiger partial charge in [0.25, 0.3) is 0 Å². The van der Waals surface area contributed by atoms with Crippen LogP contribution in [-0.4, -0.2) is 37.1 Å². The van der Waals surface area contributed by atoms with Gasteiger partial charge in [0.1, 0.15) is 6.04 Å². The van der Waals surface area contributed by atoms with E-state index in [4.69, 9.17) is 4.74 Å². The lowest BCUT2D eigenvalue weighted by atomic mass is 9.90. The molecule has 3 atom stereocenters. The van der Waals surface area contributed by atoms with Gasteiger partial charge in [0.2, 0.25) is 0 Å². The predicted molar refractivity (Wildman–Crippen MR) is 60.6 cm³/mol. The van der Waals surface area contributed by atoms with Crippen molar-refractivity contribution in [3.63, 3.8) is 0 Å². The van der Waals surface area contributed by atoms with Crippen LogP contribution in [0.3, 0.4) is 0 Å². The number of likely N-dealkylation sites (tertiary alicyclic amines) is 1. The third-order valence-corrected chi connectivity index (χ3v) is 3.20. The van der Waals surface area contributed by atoms with Gasteiger partial charge in [-0.1, -0.05) is 20.8 Å². The van der Waals surface area contributed by atoms with Crippen molar-refractivity contribution >= 4 is 5.97 Å². The summed E-state index contributed by atoms with van der Waals surface area (Å²) in [5.41, 5.74) is 0. The van der Waals surface area contributed by atoms with Gasteiger partial charge in [0, 0.05) is 13.1 Å². The second-order valence-corrected chi connectivity index (χ2v) is 4.85. The van der Waals surface area contributed by atoms with Crippen LogP contribution >= 0.6 is 0 Å². The molecule has 3 unspecified atom stereocenters. The maximum atomic E-state index is 11.6. The molecule has 1 aliphatic heterocycles. The summed E-state index contributed by atoms with van der Waals surface area (Å²) >= 11 is 0. The van der Waals surface area contributed by atoms with Crippen molar-refractivity contribution in [3.05, 3.63) is 0 Å². The van der Waals surface area contributed by atoms with Gasteiger partial charge < -0.3 is 4.74 Å². The quantitative estimate of drug-likeness (QED) is 0.671. The van der Waals surface area contributed by atoms with E-state index >= 15 is 0 Å². The lowest BCUT2D eigenvalue weighted by Gasteiger charge is -2.38. The molecule has 0 aliphatic carbocycles. The Bertz CT molecular complexity index is 208. The molecule has 0 aromatic carbocycles. The molecule has 0 aromatic rings. The molecular weight excluding hydrogens is 190 g/mol. The molecule has 15 heavy (non-hydrogen) atoms. The molecule has 0 amide bonds. The number of carbonyl (C=O) groups excluding carboxylic acids is 1. The minimum absolute atomic E-state index is 0.0415. The van der Waals surface area contributed by atoms with Crippen LogP contribution in [0.1, 0.15) is 33.6 Å². The molecule has 1 saturated heterocycles. The first-order chi connectivity index (χ1) is 7.08. The molecule has 0 spiro atoms. The Labute approximate surface area is 92.8 Å². The van der Waals surface area contributed by atoms with Gasteiger partial charge in [-0.25, -0.2) is 0 Å². The van der Waals surface area contributed by atoms with Crippen LogP contribution in [0.15, 0.2) is 0 Å². The number of hydrogen-bond donors (Lipinski definition) is 0. The van der Waals surface area contributed by atoms with Crippen LogP contribution in [-0.2, 0) is 9.53 Å². The van der Waals surface area contributed by atoms with Gasteiger partial charge in [-0.3, -0.25) is 9.69 Å². The zero-order chi connectivity index (χ0) is 11.4. The van der Waals surface area contributed by atoms with Crippen LogP contribution < -0.4 is 0 Å². The maximum absolute atomic E-state index is 11.6. The number of rotatable bonds is 3. The van der Waals surface area contributed by atoms with Gasteiger partial charge in [0.15, 0.2) is 0 Å². The van der Waals surface area contributed by atoms with Crippen LogP contribution in [0.2, 0.25) is 0 Å². The number of nitrogens with zero attached hydrogens (tertiary/aromatic N) is 1. The van der Waals surface area contributed by atoms with Crippen molar-refractivity contribution in [2.75, 3.05) is 20.2 Å². The van der Waals surface area contributed by atoms with Gasteiger partial charge in [0.05, 0.1) is 7.11 Å². The number of esters is 1. The highest BCUT2D eigenvalue weighted by molar-refractivity contribution is 5.75. The van der Waals surface area contributed by atoms with E-state index in [9.17, 15) is 4.79 Å². The SMILES string of the molecule is CCC(C(=O)OC)N1CC(C)CC(C)C1. The average molecular weight is 213 g/mol. The molecule has 3 nitrogen and oxygen atoms in total. The van der Waals surface area contributed by atoms with Crippen LogP contribution in [0.4, 0.5) is 0 Å². The van der Waals surface area contributed by atoms with Crippen molar-refractivity contribution in [3.8, 4) is 0 Å². The second-order valence-electron chi connectivity index (χ2n) is 4.85. The largest absolute Gasteiger partial charge is 0.468 e. The summed E-state index contributed by atoms with van der Waals surface area (Å²) in [7, 11) is 1.47. The fraction of sp³-hybridized carbons (Fsp3) is 0.917. The summed E-state index contributed by atoms with van der Waals surface area (Å²) in [5.74, 6) is 1.29. The standard InChI is InChI=1S/C12H23NO2/c1-5-11(12(14)15-4)13-7-9(2)6-10(3)8-13/h9-11H,5-8H2,1-4H3. The minimum atomic E-state index is -0.0844. The van der Waals surface area contributed by atoms with E-state index in [2.05, 4.69) is 18.7 Å². The number of carbonyl (C=O) groups is 1. The number of hydrogen-bond acceptors (Lipinski definition) is 3. The highest BCUT2D eigenvalue weighted by Gasteiger charge is 2.30. The first-order valence-corrected chi connectivity index (χ1v) is 5.90. The number of ether oxygens (including phenoxy) is 1. The summed E-state index contributed by atoms with van der Waals surface area (Å²) < 4.78 is 4.85. The van der Waals surface area contributed by atoms with E-state index in [-0.39, 0.29) is 12.0 Å². The minimum Gasteiger partial charge on any atom is -0.468 e. The lowest BCUT2D eigenvalue weighted by Crippen LogP contribution is -2.48. The highest BCUT2D eigenvalue weighted by Crippen LogP contribution is 2.23. The lowest BCUT2D eigenvalue weighted by molar-refractivity contribution is -0.148. The van der Waals surface area contributed by atoms with E-state index in [0.29, 0.717) is 11.8 Å². The Morgan fingerprint density at radius 2 is 1.93 bits per heavy atom. The third-order valence-electron chi connectivity index (χ3n) is 3.20. The van der Waals surface area contributed by atoms with Gasteiger partial charge >= 0.3 is 5.97 Å². The highest BCUT2D eigenvalue weighted by atomic mass is 16.5. The smallest absolute Gasteiger partial charge is 0.323 e. The Kier molecular flexibility index (Phi) is 4.58. The maximum Gasteiger partial charge on any atom is 0.323 e. The summed E-state index contributed by atoms with van der Waals surface area (Å²) in [4.78, 5) is 13.9. The van der Waals surface area contributed by atoms with Crippen molar-refractivity contribution in [2.45, 2.75) is 39.7 Å².